The molecule has 0 bridgehead atoms. The number of halogens is 2. The lowest BCUT2D eigenvalue weighted by Gasteiger charge is -2.47. The molecule has 0 radical (unpaired) electrons. The number of ether oxygens (including phenoxy) is 1. The summed E-state index contributed by atoms with van der Waals surface area (Å²) in [6.07, 6.45) is 10.7. The minimum atomic E-state index is -0.414. The van der Waals surface area contributed by atoms with Crippen LogP contribution < -0.4 is 5.32 Å². The third-order valence-electron chi connectivity index (χ3n) is 5.43. The number of anilines is 1. The fourth-order valence-electron chi connectivity index (χ4n) is 4.23. The molecule has 1 saturated heterocycles. The number of benzene rings is 1. The van der Waals surface area contributed by atoms with Gasteiger partial charge in [0.05, 0.1) is 29.5 Å². The zero-order chi connectivity index (χ0) is 16.7. The second kappa shape index (κ2) is 6.51. The van der Waals surface area contributed by atoms with Gasteiger partial charge >= 0.3 is 0 Å². The topological polar surface area (TPSA) is 41.5 Å². The second-order valence-corrected chi connectivity index (χ2v) is 7.22. The molecule has 1 unspecified atom stereocenters. The van der Waals surface area contributed by atoms with Crippen molar-refractivity contribution in [1.29, 1.82) is 0 Å². The van der Waals surface area contributed by atoms with Crippen LogP contribution in [0.2, 0.25) is 5.02 Å². The van der Waals surface area contributed by atoms with Crippen LogP contribution >= 0.6 is 11.6 Å². The molecule has 2 heterocycles. The van der Waals surface area contributed by atoms with E-state index in [1.165, 1.54) is 0 Å². The van der Waals surface area contributed by atoms with Crippen molar-refractivity contribution < 1.29 is 14.2 Å². The largest absolute Gasteiger partial charge is 0.394 e. The van der Waals surface area contributed by atoms with Gasteiger partial charge in [-0.05, 0) is 25.3 Å². The molecule has 0 saturated carbocycles. The summed E-state index contributed by atoms with van der Waals surface area (Å²) in [6, 6.07) is 3.53. The summed E-state index contributed by atoms with van der Waals surface area (Å²) < 4.78 is 20.8. The van der Waals surface area contributed by atoms with Gasteiger partial charge < -0.3 is 15.2 Å². The zero-order valence-electron chi connectivity index (χ0n) is 13.3. The van der Waals surface area contributed by atoms with Crippen LogP contribution in [0.15, 0.2) is 36.4 Å². The van der Waals surface area contributed by atoms with Crippen molar-refractivity contribution in [2.24, 2.45) is 11.8 Å². The first-order chi connectivity index (χ1) is 11.7. The Kier molecular flexibility index (Phi) is 4.37. The smallest absolute Gasteiger partial charge is 0.165 e. The van der Waals surface area contributed by atoms with E-state index in [1.807, 2.05) is 12.1 Å². The van der Waals surface area contributed by atoms with Gasteiger partial charge in [0.25, 0.3) is 0 Å². The first kappa shape index (κ1) is 16.1. The van der Waals surface area contributed by atoms with Crippen LogP contribution in [-0.2, 0) is 4.74 Å². The molecular formula is C19H21ClFNO2. The Morgan fingerprint density at radius 3 is 2.92 bits per heavy atom. The highest BCUT2D eigenvalue weighted by atomic mass is 35.5. The van der Waals surface area contributed by atoms with E-state index in [0.29, 0.717) is 11.6 Å². The Hall–Kier alpha value is -1.36. The van der Waals surface area contributed by atoms with Gasteiger partial charge in [0.15, 0.2) is 5.82 Å². The van der Waals surface area contributed by atoms with Gasteiger partial charge in [-0.3, -0.25) is 0 Å². The van der Waals surface area contributed by atoms with E-state index in [0.717, 1.165) is 24.8 Å². The molecular weight excluding hydrogens is 329 g/mol. The molecule has 128 valence electrons. The zero-order valence-corrected chi connectivity index (χ0v) is 14.0. The van der Waals surface area contributed by atoms with Gasteiger partial charge in [0.2, 0.25) is 0 Å². The van der Waals surface area contributed by atoms with Gasteiger partial charge in [-0.1, -0.05) is 42.0 Å². The molecule has 3 aliphatic rings. The highest BCUT2D eigenvalue weighted by molar-refractivity contribution is 6.31. The summed E-state index contributed by atoms with van der Waals surface area (Å²) in [4.78, 5) is 0. The first-order valence-electron chi connectivity index (χ1n) is 8.53. The lowest BCUT2D eigenvalue weighted by molar-refractivity contribution is -0.112. The van der Waals surface area contributed by atoms with Crippen LogP contribution in [0.25, 0.3) is 0 Å². The lowest BCUT2D eigenvalue weighted by Crippen LogP contribution is -2.47. The van der Waals surface area contributed by atoms with E-state index < -0.39 is 5.82 Å². The molecule has 1 aliphatic carbocycles. The standard InChI is InChI=1S/C19H21ClFNO2/c20-15-9-8-14-18(16(15)21)22-17(11-4-2-1-3-5-11)13-7-6-12(10-23)24-19(13)14/h1-4,8-9,11-13,17,19,22-23H,5-7,10H2/t11?,12-,13+,17+,19+/m1/s1. The highest BCUT2D eigenvalue weighted by Crippen LogP contribution is 2.49. The Balaban J connectivity index is 1.74. The Morgan fingerprint density at radius 2 is 2.17 bits per heavy atom. The fourth-order valence-corrected chi connectivity index (χ4v) is 4.38. The molecule has 1 aromatic rings. The number of nitrogens with one attached hydrogen (secondary N) is 1. The number of allylic oxidation sites excluding steroid dienone is 3. The predicted molar refractivity (Wildman–Crippen MR) is 92.6 cm³/mol. The summed E-state index contributed by atoms with van der Waals surface area (Å²) in [7, 11) is 0. The quantitative estimate of drug-likeness (QED) is 0.839. The van der Waals surface area contributed by atoms with Crippen molar-refractivity contribution in [2.45, 2.75) is 37.5 Å². The fraction of sp³-hybridized carbons (Fsp3) is 0.474. The number of fused-ring (bicyclic) bond motifs is 3. The molecule has 1 fully saturated rings. The van der Waals surface area contributed by atoms with Crippen molar-refractivity contribution >= 4 is 17.3 Å². The molecule has 2 aliphatic heterocycles. The summed E-state index contributed by atoms with van der Waals surface area (Å²) in [5, 5.41) is 13.0. The Morgan fingerprint density at radius 1 is 1.29 bits per heavy atom. The molecule has 4 rings (SSSR count). The van der Waals surface area contributed by atoms with Gasteiger partial charge in [0, 0.05) is 23.4 Å². The SMILES string of the molecule is OC[C@H]1CC[C@@H]2[C@H](O1)c1ccc(Cl)c(F)c1N[C@H]2C1C=CC=CC1. The number of rotatable bonds is 2. The normalized spacial score (nSPS) is 34.4. The molecule has 0 amide bonds. The Bertz CT molecular complexity index is 690. The summed E-state index contributed by atoms with van der Waals surface area (Å²) in [5.74, 6) is 0.132. The van der Waals surface area contributed by atoms with Crippen LogP contribution in [-0.4, -0.2) is 23.9 Å². The average molecular weight is 350 g/mol. The van der Waals surface area contributed by atoms with E-state index in [4.69, 9.17) is 16.3 Å². The monoisotopic (exact) mass is 349 g/mol. The number of hydrogen-bond acceptors (Lipinski definition) is 3. The molecule has 2 N–H and O–H groups in total. The highest BCUT2D eigenvalue weighted by Gasteiger charge is 2.44. The number of aliphatic hydroxyl groups excluding tert-OH is 1. The van der Waals surface area contributed by atoms with E-state index in [9.17, 15) is 9.50 Å². The van der Waals surface area contributed by atoms with Crippen LogP contribution in [0.5, 0.6) is 0 Å². The van der Waals surface area contributed by atoms with Gasteiger partial charge in [-0.15, -0.1) is 0 Å². The first-order valence-corrected chi connectivity index (χ1v) is 8.91. The third kappa shape index (κ3) is 2.67. The predicted octanol–water partition coefficient (Wildman–Crippen LogP) is 4.23. The maximum atomic E-state index is 14.6. The van der Waals surface area contributed by atoms with Crippen LogP contribution in [0, 0.1) is 17.7 Å². The third-order valence-corrected chi connectivity index (χ3v) is 5.73. The molecule has 5 atom stereocenters. The van der Waals surface area contributed by atoms with Crippen LogP contribution in [0.3, 0.4) is 0 Å². The minimum Gasteiger partial charge on any atom is -0.394 e. The van der Waals surface area contributed by atoms with Crippen molar-refractivity contribution in [3.8, 4) is 0 Å². The number of hydrogen-bond donors (Lipinski definition) is 2. The summed E-state index contributed by atoms with van der Waals surface area (Å²) >= 11 is 5.99. The van der Waals surface area contributed by atoms with Gasteiger partial charge in [-0.25, -0.2) is 4.39 Å². The van der Waals surface area contributed by atoms with E-state index >= 15 is 0 Å². The Labute approximate surface area is 146 Å². The van der Waals surface area contributed by atoms with Crippen molar-refractivity contribution in [3.63, 3.8) is 0 Å². The molecule has 24 heavy (non-hydrogen) atoms. The van der Waals surface area contributed by atoms with Crippen molar-refractivity contribution in [1.82, 2.24) is 0 Å². The molecule has 0 spiro atoms. The summed E-state index contributed by atoms with van der Waals surface area (Å²) in [6.45, 7) is -0.00120. The molecule has 0 aromatic heterocycles. The average Bonchev–Trinajstić information content (AvgIpc) is 2.64. The molecule has 1 aromatic carbocycles. The number of aliphatic hydroxyl groups is 1. The maximum Gasteiger partial charge on any atom is 0.165 e. The van der Waals surface area contributed by atoms with Crippen molar-refractivity contribution in [3.05, 3.63) is 52.8 Å². The van der Waals surface area contributed by atoms with E-state index in [2.05, 4.69) is 23.5 Å². The van der Waals surface area contributed by atoms with Crippen LogP contribution in [0.4, 0.5) is 10.1 Å². The molecule has 3 nitrogen and oxygen atoms in total. The minimum absolute atomic E-state index is 0.00120. The lowest BCUT2D eigenvalue weighted by atomic mass is 9.73. The van der Waals surface area contributed by atoms with Crippen molar-refractivity contribution in [2.75, 3.05) is 11.9 Å². The second-order valence-electron chi connectivity index (χ2n) is 6.81. The van der Waals surface area contributed by atoms with E-state index in [-0.39, 0.29) is 35.8 Å². The van der Waals surface area contributed by atoms with Crippen LogP contribution in [0.1, 0.15) is 30.9 Å². The van der Waals surface area contributed by atoms with Gasteiger partial charge in [0.1, 0.15) is 0 Å². The van der Waals surface area contributed by atoms with E-state index in [1.54, 1.807) is 6.07 Å². The molecule has 5 heteroatoms. The summed E-state index contributed by atoms with van der Waals surface area (Å²) in [5.41, 5.74) is 1.27. The maximum absolute atomic E-state index is 14.6. The van der Waals surface area contributed by atoms with Gasteiger partial charge in [-0.2, -0.15) is 0 Å².